The Morgan fingerprint density at radius 2 is 1.47 bits per heavy atom. The first-order valence-corrected chi connectivity index (χ1v) is 13.3. The van der Waals surface area contributed by atoms with Gasteiger partial charge in [-0.25, -0.2) is 4.79 Å². The van der Waals surface area contributed by atoms with E-state index >= 15 is 0 Å². The van der Waals surface area contributed by atoms with Crippen molar-refractivity contribution in [3.63, 3.8) is 0 Å². The Kier molecular flexibility index (Phi) is 7.09. The predicted molar refractivity (Wildman–Crippen MR) is 158 cm³/mol. The lowest BCUT2D eigenvalue weighted by Gasteiger charge is -2.37. The van der Waals surface area contributed by atoms with Gasteiger partial charge in [-0.15, -0.1) is 0 Å². The van der Waals surface area contributed by atoms with Crippen LogP contribution in [-0.2, 0) is 0 Å². The Morgan fingerprint density at radius 1 is 0.868 bits per heavy atom. The number of aromatic carboxylic acids is 1. The van der Waals surface area contributed by atoms with Gasteiger partial charge in [0.2, 0.25) is 0 Å². The van der Waals surface area contributed by atoms with E-state index in [-0.39, 0.29) is 6.04 Å². The number of halogens is 1. The summed E-state index contributed by atoms with van der Waals surface area (Å²) < 4.78 is 2.13. The van der Waals surface area contributed by atoms with Crippen molar-refractivity contribution < 1.29 is 9.90 Å². The molecule has 5 rings (SSSR count). The van der Waals surface area contributed by atoms with Crippen LogP contribution >= 0.6 is 11.6 Å². The number of carboxylic acids is 1. The van der Waals surface area contributed by atoms with Gasteiger partial charge in [0.25, 0.3) is 0 Å². The first kappa shape index (κ1) is 25.7. The van der Waals surface area contributed by atoms with Crippen LogP contribution in [-0.4, -0.2) is 41.8 Å². The van der Waals surface area contributed by atoms with Crippen LogP contribution in [0.2, 0.25) is 5.02 Å². The van der Waals surface area contributed by atoms with Crippen LogP contribution < -0.4 is 15.5 Å². The van der Waals surface area contributed by atoms with E-state index in [4.69, 9.17) is 17.3 Å². The quantitative estimate of drug-likeness (QED) is 0.264. The minimum Gasteiger partial charge on any atom is -0.478 e. The highest BCUT2D eigenvalue weighted by Gasteiger charge is 2.28. The third kappa shape index (κ3) is 4.84. The summed E-state index contributed by atoms with van der Waals surface area (Å²) in [7, 11) is 0. The molecule has 3 aromatic carbocycles. The second kappa shape index (κ2) is 10.5. The van der Waals surface area contributed by atoms with Gasteiger partial charge in [-0.3, -0.25) is 0 Å². The molecule has 1 aliphatic rings. The van der Waals surface area contributed by atoms with Gasteiger partial charge >= 0.3 is 5.97 Å². The van der Waals surface area contributed by atoms with Crippen molar-refractivity contribution >= 4 is 34.6 Å². The van der Waals surface area contributed by atoms with Crippen molar-refractivity contribution in [3.05, 3.63) is 89.1 Å². The highest BCUT2D eigenvalue weighted by Crippen LogP contribution is 2.42. The fraction of sp³-hybridized carbons (Fsp3) is 0.258. The zero-order valence-electron chi connectivity index (χ0n) is 22.0. The SMILES string of the molecule is Cc1c(C(=O)O)c(-c2cccc(N3CCN(c4ccc(N)cc4)CC3)c2)c(-c2ccc(Cl)cc2)n1C(C)C. The Hall–Kier alpha value is -3.90. The summed E-state index contributed by atoms with van der Waals surface area (Å²) in [5.74, 6) is -0.922. The highest BCUT2D eigenvalue weighted by molar-refractivity contribution is 6.30. The molecule has 7 heteroatoms. The van der Waals surface area contributed by atoms with Crippen molar-refractivity contribution in [2.24, 2.45) is 0 Å². The number of hydrogen-bond donors (Lipinski definition) is 2. The smallest absolute Gasteiger partial charge is 0.338 e. The summed E-state index contributed by atoms with van der Waals surface area (Å²) in [6.07, 6.45) is 0. The molecule has 0 unspecified atom stereocenters. The van der Waals surface area contributed by atoms with E-state index in [2.05, 4.69) is 52.5 Å². The fourth-order valence-corrected chi connectivity index (χ4v) is 5.68. The summed E-state index contributed by atoms with van der Waals surface area (Å²) >= 11 is 6.19. The Balaban J connectivity index is 1.54. The molecular formula is C31H33ClN4O2. The van der Waals surface area contributed by atoms with Gasteiger partial charge in [0, 0.05) is 65.6 Å². The van der Waals surface area contributed by atoms with Crippen LogP contribution in [0, 0.1) is 6.92 Å². The van der Waals surface area contributed by atoms with E-state index < -0.39 is 5.97 Å². The second-order valence-electron chi connectivity index (χ2n) is 10.1. The highest BCUT2D eigenvalue weighted by atomic mass is 35.5. The molecule has 0 bridgehead atoms. The number of carboxylic acid groups (broad SMARTS) is 1. The third-order valence-electron chi connectivity index (χ3n) is 7.34. The molecule has 3 N–H and O–H groups in total. The van der Waals surface area contributed by atoms with E-state index in [1.165, 1.54) is 5.69 Å². The topological polar surface area (TPSA) is 74.7 Å². The Morgan fingerprint density at radius 3 is 2.05 bits per heavy atom. The zero-order chi connectivity index (χ0) is 27.0. The molecule has 1 aliphatic heterocycles. The number of anilines is 3. The first-order chi connectivity index (χ1) is 18.2. The van der Waals surface area contributed by atoms with Crippen LogP contribution in [0.25, 0.3) is 22.4 Å². The normalized spacial score (nSPS) is 13.8. The number of hydrogen-bond acceptors (Lipinski definition) is 4. The van der Waals surface area contributed by atoms with Crippen LogP contribution in [0.1, 0.15) is 35.9 Å². The molecule has 2 heterocycles. The van der Waals surface area contributed by atoms with E-state index in [1.54, 1.807) is 0 Å². The fourth-order valence-electron chi connectivity index (χ4n) is 5.55. The van der Waals surface area contributed by atoms with Crippen molar-refractivity contribution in [3.8, 4) is 22.4 Å². The number of rotatable bonds is 6. The van der Waals surface area contributed by atoms with E-state index in [0.717, 1.165) is 65.6 Å². The molecular weight excluding hydrogens is 496 g/mol. The lowest BCUT2D eigenvalue weighted by molar-refractivity contribution is 0.0696. The molecule has 0 amide bonds. The van der Waals surface area contributed by atoms with Crippen molar-refractivity contribution in [2.75, 3.05) is 41.7 Å². The molecule has 0 spiro atoms. The standard InChI is InChI=1S/C31H33ClN4O2/c1-20(2)36-21(3)28(31(37)38)29(30(36)22-7-9-24(32)10-8-22)23-5-4-6-27(19-23)35-17-15-34(16-18-35)26-13-11-25(33)12-14-26/h4-14,19-20H,15-18,33H2,1-3H3,(H,37,38). The number of benzene rings is 3. The van der Waals surface area contributed by atoms with Crippen LogP contribution in [0.3, 0.4) is 0 Å². The number of piperazine rings is 1. The summed E-state index contributed by atoms with van der Waals surface area (Å²) in [6.45, 7) is 9.59. The summed E-state index contributed by atoms with van der Waals surface area (Å²) in [5, 5.41) is 11.0. The molecule has 0 atom stereocenters. The van der Waals surface area contributed by atoms with Crippen LogP contribution in [0.5, 0.6) is 0 Å². The molecule has 38 heavy (non-hydrogen) atoms. The maximum absolute atomic E-state index is 12.6. The molecule has 196 valence electrons. The van der Waals surface area contributed by atoms with E-state index in [1.807, 2.05) is 55.5 Å². The Labute approximate surface area is 228 Å². The molecule has 0 saturated carbocycles. The van der Waals surface area contributed by atoms with E-state index in [0.29, 0.717) is 10.6 Å². The zero-order valence-corrected chi connectivity index (χ0v) is 22.7. The number of nitrogens with zero attached hydrogens (tertiary/aromatic N) is 3. The minimum absolute atomic E-state index is 0.0807. The van der Waals surface area contributed by atoms with Gasteiger partial charge < -0.3 is 25.2 Å². The molecule has 1 saturated heterocycles. The number of nitrogens with two attached hydrogens (primary N) is 1. The largest absolute Gasteiger partial charge is 0.478 e. The van der Waals surface area contributed by atoms with Gasteiger partial charge in [-0.05, 0) is 80.4 Å². The van der Waals surface area contributed by atoms with Gasteiger partial charge in [-0.1, -0.05) is 35.9 Å². The van der Waals surface area contributed by atoms with Crippen molar-refractivity contribution in [1.82, 2.24) is 4.57 Å². The summed E-state index contributed by atoms with van der Waals surface area (Å²) in [5.41, 5.74) is 13.5. The summed E-state index contributed by atoms with van der Waals surface area (Å²) in [4.78, 5) is 17.3. The van der Waals surface area contributed by atoms with Crippen LogP contribution in [0.15, 0.2) is 72.8 Å². The molecule has 4 aromatic rings. The van der Waals surface area contributed by atoms with Crippen molar-refractivity contribution in [1.29, 1.82) is 0 Å². The first-order valence-electron chi connectivity index (χ1n) is 12.9. The van der Waals surface area contributed by atoms with Crippen molar-refractivity contribution in [2.45, 2.75) is 26.8 Å². The lowest BCUT2D eigenvalue weighted by Crippen LogP contribution is -2.46. The van der Waals surface area contributed by atoms with Gasteiger partial charge in [0.15, 0.2) is 0 Å². The monoisotopic (exact) mass is 528 g/mol. The maximum atomic E-state index is 12.6. The second-order valence-corrected chi connectivity index (χ2v) is 10.5. The molecule has 1 aromatic heterocycles. The van der Waals surface area contributed by atoms with Gasteiger partial charge in [0.1, 0.15) is 0 Å². The number of nitrogen functional groups attached to an aromatic ring is 1. The van der Waals surface area contributed by atoms with Crippen LogP contribution in [0.4, 0.5) is 17.1 Å². The van der Waals surface area contributed by atoms with Gasteiger partial charge in [0.05, 0.1) is 11.3 Å². The molecule has 0 radical (unpaired) electrons. The molecule has 6 nitrogen and oxygen atoms in total. The van der Waals surface area contributed by atoms with E-state index in [9.17, 15) is 9.90 Å². The molecule has 1 fully saturated rings. The predicted octanol–water partition coefficient (Wildman–Crippen LogP) is 6.97. The lowest BCUT2D eigenvalue weighted by atomic mass is 9.96. The average molecular weight is 529 g/mol. The number of aromatic nitrogens is 1. The summed E-state index contributed by atoms with van der Waals surface area (Å²) in [6, 6.07) is 24.0. The number of carbonyl (C=O) groups is 1. The average Bonchev–Trinajstić information content (AvgIpc) is 3.23. The minimum atomic E-state index is -0.922. The third-order valence-corrected chi connectivity index (χ3v) is 7.59. The Bertz CT molecular complexity index is 1450. The molecule has 0 aliphatic carbocycles. The maximum Gasteiger partial charge on any atom is 0.338 e. The van der Waals surface area contributed by atoms with Gasteiger partial charge in [-0.2, -0.15) is 0 Å².